The highest BCUT2D eigenvalue weighted by Crippen LogP contribution is 2.34. The summed E-state index contributed by atoms with van der Waals surface area (Å²) >= 11 is 0. The first-order valence-electron chi connectivity index (χ1n) is 9.24. The third-order valence-corrected chi connectivity index (χ3v) is 4.63. The Kier molecular flexibility index (Phi) is 5.81. The van der Waals surface area contributed by atoms with Crippen molar-refractivity contribution < 1.29 is 18.3 Å². The van der Waals surface area contributed by atoms with Crippen LogP contribution in [0.1, 0.15) is 36.9 Å². The van der Waals surface area contributed by atoms with E-state index < -0.39 is 12.0 Å². The zero-order chi connectivity index (χ0) is 20.3. The number of ether oxygens (including phenoxy) is 1. The van der Waals surface area contributed by atoms with Crippen LogP contribution >= 0.6 is 0 Å². The average Bonchev–Trinajstić information content (AvgIpc) is 3.08. The molecule has 3 rings (SSSR count). The second-order valence-electron chi connectivity index (χ2n) is 7.34. The Hall–Kier alpha value is -2.71. The van der Waals surface area contributed by atoms with Crippen molar-refractivity contribution in [3.8, 4) is 5.82 Å². The van der Waals surface area contributed by atoms with Crippen LogP contribution in [0.2, 0.25) is 0 Å². The molecule has 0 atom stereocenters. The maximum Gasteiger partial charge on any atom is 0.409 e. The minimum atomic E-state index is -2.58. The fourth-order valence-electron chi connectivity index (χ4n) is 3.06. The number of carbonyl (C=O) groups is 1. The quantitative estimate of drug-likeness (QED) is 0.837. The number of nitrogens with zero attached hydrogens (tertiary/aromatic N) is 4. The van der Waals surface area contributed by atoms with Crippen LogP contribution in [0.4, 0.5) is 19.4 Å². The third kappa shape index (κ3) is 5.17. The molecule has 1 saturated carbocycles. The van der Waals surface area contributed by atoms with Gasteiger partial charge in [-0.15, -0.1) is 0 Å². The minimum absolute atomic E-state index is 0.0705. The summed E-state index contributed by atoms with van der Waals surface area (Å²) in [6.07, 6.45) is 1.84. The largest absolute Gasteiger partial charge is 0.445 e. The number of hydrogen-bond acceptors (Lipinski definition) is 5. The summed E-state index contributed by atoms with van der Waals surface area (Å²) in [6, 6.07) is 5.35. The standard InChI is InChI=1S/C19H25F2N5O2/c1-13-6-9-26(24-13)17-11-14(12-28-18(27)25(2)3)10-16(23-17)22-15-4-7-19(20,21)8-5-15/h6,9-11,15H,4-5,7-8,12H2,1-3H3,(H,22,23). The molecule has 9 heteroatoms. The molecule has 28 heavy (non-hydrogen) atoms. The summed E-state index contributed by atoms with van der Waals surface area (Å²) in [6.45, 7) is 1.95. The first-order chi connectivity index (χ1) is 13.2. The summed E-state index contributed by atoms with van der Waals surface area (Å²) in [5, 5.41) is 7.61. The summed E-state index contributed by atoms with van der Waals surface area (Å²) < 4.78 is 33.7. The van der Waals surface area contributed by atoms with Gasteiger partial charge in [-0.2, -0.15) is 5.10 Å². The molecule has 2 aromatic rings. The smallest absolute Gasteiger partial charge is 0.409 e. The molecule has 1 aliphatic rings. The van der Waals surface area contributed by atoms with Crippen molar-refractivity contribution in [2.75, 3.05) is 19.4 Å². The van der Waals surface area contributed by atoms with E-state index in [0.717, 1.165) is 11.3 Å². The van der Waals surface area contributed by atoms with Gasteiger partial charge in [0.15, 0.2) is 5.82 Å². The van der Waals surface area contributed by atoms with E-state index in [0.29, 0.717) is 24.5 Å². The fourth-order valence-corrected chi connectivity index (χ4v) is 3.06. The molecule has 2 aromatic heterocycles. The van der Waals surface area contributed by atoms with Crippen LogP contribution in [0.3, 0.4) is 0 Å². The number of carbonyl (C=O) groups excluding carboxylic acids is 1. The van der Waals surface area contributed by atoms with Gasteiger partial charge in [0.2, 0.25) is 5.92 Å². The van der Waals surface area contributed by atoms with Crippen molar-refractivity contribution >= 4 is 11.9 Å². The van der Waals surface area contributed by atoms with Crippen molar-refractivity contribution in [1.82, 2.24) is 19.7 Å². The number of amides is 1. The SMILES string of the molecule is Cc1ccn(-c2cc(COC(=O)N(C)C)cc(NC3CCC(F)(F)CC3)n2)n1. The van der Waals surface area contributed by atoms with Crippen LogP contribution in [0.25, 0.3) is 5.82 Å². The van der Waals surface area contributed by atoms with Gasteiger partial charge in [-0.25, -0.2) is 23.2 Å². The number of halogens is 2. The Balaban J connectivity index is 1.79. The zero-order valence-corrected chi connectivity index (χ0v) is 16.3. The molecule has 2 heterocycles. The van der Waals surface area contributed by atoms with E-state index in [1.54, 1.807) is 37.1 Å². The van der Waals surface area contributed by atoms with Crippen LogP contribution in [0, 0.1) is 6.92 Å². The van der Waals surface area contributed by atoms with Gasteiger partial charge in [0.1, 0.15) is 12.4 Å². The lowest BCUT2D eigenvalue weighted by atomic mass is 9.92. The lowest BCUT2D eigenvalue weighted by molar-refractivity contribution is -0.0361. The van der Waals surface area contributed by atoms with Crippen LogP contribution in [-0.4, -0.2) is 51.8 Å². The lowest BCUT2D eigenvalue weighted by Crippen LogP contribution is -2.32. The van der Waals surface area contributed by atoms with E-state index in [2.05, 4.69) is 15.4 Å². The highest BCUT2D eigenvalue weighted by Gasteiger charge is 2.35. The number of aromatic nitrogens is 3. The molecular formula is C19H25F2N5O2. The average molecular weight is 393 g/mol. The van der Waals surface area contributed by atoms with Crippen molar-refractivity contribution in [3.63, 3.8) is 0 Å². The second-order valence-corrected chi connectivity index (χ2v) is 7.34. The van der Waals surface area contributed by atoms with E-state index in [1.165, 1.54) is 4.90 Å². The zero-order valence-electron chi connectivity index (χ0n) is 16.3. The molecule has 0 unspecified atom stereocenters. The summed E-state index contributed by atoms with van der Waals surface area (Å²) in [4.78, 5) is 17.6. The van der Waals surface area contributed by atoms with Crippen molar-refractivity contribution in [3.05, 3.63) is 35.7 Å². The van der Waals surface area contributed by atoms with Gasteiger partial charge in [-0.05, 0) is 43.5 Å². The molecular weight excluding hydrogens is 368 g/mol. The number of hydrogen-bond donors (Lipinski definition) is 1. The van der Waals surface area contributed by atoms with E-state index in [9.17, 15) is 13.6 Å². The first kappa shape index (κ1) is 20.0. The fraction of sp³-hybridized carbons (Fsp3) is 0.526. The van der Waals surface area contributed by atoms with Gasteiger partial charge in [0, 0.05) is 39.2 Å². The van der Waals surface area contributed by atoms with Gasteiger partial charge in [0.25, 0.3) is 0 Å². The Morgan fingerprint density at radius 3 is 2.68 bits per heavy atom. The number of alkyl halides is 2. The van der Waals surface area contributed by atoms with E-state index in [1.807, 2.05) is 13.0 Å². The van der Waals surface area contributed by atoms with E-state index in [-0.39, 0.29) is 25.5 Å². The summed E-state index contributed by atoms with van der Waals surface area (Å²) in [5.74, 6) is -1.46. The molecule has 1 amide bonds. The van der Waals surface area contributed by atoms with Crippen LogP contribution in [-0.2, 0) is 11.3 Å². The normalized spacial score (nSPS) is 16.6. The highest BCUT2D eigenvalue weighted by atomic mass is 19.3. The Labute approximate surface area is 162 Å². The van der Waals surface area contributed by atoms with Crippen LogP contribution in [0.15, 0.2) is 24.4 Å². The maximum absolute atomic E-state index is 13.4. The second kappa shape index (κ2) is 8.12. The molecule has 1 fully saturated rings. The molecule has 0 aromatic carbocycles. The molecule has 0 spiro atoms. The number of rotatable bonds is 5. The van der Waals surface area contributed by atoms with Crippen LogP contribution in [0.5, 0.6) is 0 Å². The number of aryl methyl sites for hydroxylation is 1. The monoisotopic (exact) mass is 393 g/mol. The van der Waals surface area contributed by atoms with Gasteiger partial charge >= 0.3 is 6.09 Å². The van der Waals surface area contributed by atoms with Crippen LogP contribution < -0.4 is 5.32 Å². The maximum atomic E-state index is 13.4. The number of pyridine rings is 1. The molecule has 0 aliphatic heterocycles. The molecule has 0 bridgehead atoms. The Bertz CT molecular complexity index is 827. The predicted octanol–water partition coefficient (Wildman–Crippen LogP) is 3.76. The summed E-state index contributed by atoms with van der Waals surface area (Å²) in [5.41, 5.74) is 1.58. The molecule has 152 valence electrons. The Morgan fingerprint density at radius 2 is 2.07 bits per heavy atom. The molecule has 7 nitrogen and oxygen atoms in total. The minimum Gasteiger partial charge on any atom is -0.445 e. The van der Waals surface area contributed by atoms with Crippen molar-refractivity contribution in [2.45, 2.75) is 51.2 Å². The third-order valence-electron chi connectivity index (χ3n) is 4.63. The number of nitrogens with one attached hydrogen (secondary N) is 1. The summed E-state index contributed by atoms with van der Waals surface area (Å²) in [7, 11) is 3.22. The highest BCUT2D eigenvalue weighted by molar-refractivity contribution is 5.66. The van der Waals surface area contributed by atoms with Gasteiger partial charge in [-0.3, -0.25) is 0 Å². The number of anilines is 1. The molecule has 1 N–H and O–H groups in total. The topological polar surface area (TPSA) is 72.3 Å². The van der Waals surface area contributed by atoms with Gasteiger partial charge < -0.3 is 15.0 Å². The van der Waals surface area contributed by atoms with E-state index in [4.69, 9.17) is 4.74 Å². The Morgan fingerprint density at radius 1 is 1.36 bits per heavy atom. The molecule has 0 saturated heterocycles. The lowest BCUT2D eigenvalue weighted by Gasteiger charge is -2.29. The van der Waals surface area contributed by atoms with Crippen molar-refractivity contribution in [2.24, 2.45) is 0 Å². The molecule has 0 radical (unpaired) electrons. The predicted molar refractivity (Wildman–Crippen MR) is 101 cm³/mol. The van der Waals surface area contributed by atoms with Gasteiger partial charge in [0.05, 0.1) is 5.69 Å². The van der Waals surface area contributed by atoms with Gasteiger partial charge in [-0.1, -0.05) is 0 Å². The van der Waals surface area contributed by atoms with E-state index >= 15 is 0 Å². The van der Waals surface area contributed by atoms with Crippen molar-refractivity contribution in [1.29, 1.82) is 0 Å². The first-order valence-corrected chi connectivity index (χ1v) is 9.24. The molecule has 1 aliphatic carbocycles.